The fourth-order valence-electron chi connectivity index (χ4n) is 5.20. The fraction of sp³-hybridized carbons (Fsp3) is 0.407. The number of amides is 1. The van der Waals surface area contributed by atoms with Crippen LogP contribution in [0.2, 0.25) is 5.02 Å². The third-order valence-electron chi connectivity index (χ3n) is 7.01. The molecule has 0 spiro atoms. The molecular weight excluding hydrogens is 436 g/mol. The molecule has 2 aromatic carbocycles. The van der Waals surface area contributed by atoms with Gasteiger partial charge in [-0.2, -0.15) is 0 Å². The van der Waals surface area contributed by atoms with Crippen LogP contribution in [0.4, 0.5) is 0 Å². The van der Waals surface area contributed by atoms with E-state index < -0.39 is 5.41 Å². The van der Waals surface area contributed by atoms with Crippen LogP contribution >= 0.6 is 11.6 Å². The maximum atomic E-state index is 14.1. The van der Waals surface area contributed by atoms with Gasteiger partial charge in [-0.05, 0) is 60.0 Å². The van der Waals surface area contributed by atoms with E-state index in [1.165, 1.54) is 10.9 Å². The van der Waals surface area contributed by atoms with E-state index in [-0.39, 0.29) is 11.8 Å². The molecule has 1 unspecified atom stereocenters. The van der Waals surface area contributed by atoms with Crippen molar-refractivity contribution >= 4 is 28.3 Å². The molecule has 3 aromatic rings. The minimum absolute atomic E-state index is 0.186. The number of rotatable bonds is 4. The minimum atomic E-state index is -0.563. The maximum absolute atomic E-state index is 14.1. The first kappa shape index (κ1) is 22.3. The molecule has 2 aliphatic heterocycles. The lowest BCUT2D eigenvalue weighted by Crippen LogP contribution is -2.51. The monoisotopic (exact) mass is 464 g/mol. The summed E-state index contributed by atoms with van der Waals surface area (Å²) in [6.07, 6.45) is 5.96. The summed E-state index contributed by atoms with van der Waals surface area (Å²) in [5, 5.41) is 3.01. The summed E-state index contributed by atoms with van der Waals surface area (Å²) in [5.74, 6) is 0.430. The Hall–Kier alpha value is -2.47. The summed E-state index contributed by atoms with van der Waals surface area (Å²) in [6.45, 7) is 3.72. The second kappa shape index (κ2) is 9.80. The van der Waals surface area contributed by atoms with Gasteiger partial charge in [0.1, 0.15) is 0 Å². The van der Waals surface area contributed by atoms with Crippen LogP contribution < -0.4 is 0 Å². The average Bonchev–Trinajstić information content (AvgIpc) is 3.10. The highest BCUT2D eigenvalue weighted by atomic mass is 35.5. The molecule has 5 nitrogen and oxygen atoms in total. The third-order valence-corrected chi connectivity index (χ3v) is 7.26. The molecule has 5 rings (SSSR count). The van der Waals surface area contributed by atoms with Crippen LogP contribution in [-0.2, 0) is 26.1 Å². The normalized spacial score (nSPS) is 21.0. The molecule has 0 aliphatic carbocycles. The highest BCUT2D eigenvalue weighted by molar-refractivity contribution is 6.30. The van der Waals surface area contributed by atoms with Crippen molar-refractivity contribution in [1.82, 2.24) is 9.88 Å². The van der Waals surface area contributed by atoms with E-state index in [1.807, 2.05) is 47.6 Å². The molecule has 1 amide bonds. The molecule has 2 saturated heterocycles. The van der Waals surface area contributed by atoms with Gasteiger partial charge in [-0.1, -0.05) is 35.9 Å². The van der Waals surface area contributed by atoms with Gasteiger partial charge in [0.25, 0.3) is 0 Å². The molecular formula is C27H29ClN2O3. The Morgan fingerprint density at radius 1 is 1.03 bits per heavy atom. The Balaban J connectivity index is 1.37. The number of aromatic nitrogens is 1. The number of hydrogen-bond acceptors (Lipinski definition) is 4. The van der Waals surface area contributed by atoms with Crippen LogP contribution in [-0.4, -0.2) is 55.3 Å². The molecule has 0 bridgehead atoms. The summed E-state index contributed by atoms with van der Waals surface area (Å²) < 4.78 is 11.6. The third kappa shape index (κ3) is 4.77. The Labute approximate surface area is 199 Å². The van der Waals surface area contributed by atoms with Crippen LogP contribution in [0, 0.1) is 5.92 Å². The van der Waals surface area contributed by atoms with Crippen LogP contribution in [0.25, 0.3) is 10.8 Å². The zero-order valence-corrected chi connectivity index (χ0v) is 19.5. The highest BCUT2D eigenvalue weighted by Crippen LogP contribution is 2.38. The van der Waals surface area contributed by atoms with Crippen molar-refractivity contribution in [2.45, 2.75) is 24.7 Å². The average molecular weight is 465 g/mol. The van der Waals surface area contributed by atoms with E-state index in [4.69, 9.17) is 21.1 Å². The fourth-order valence-corrected chi connectivity index (χ4v) is 5.33. The quantitative estimate of drug-likeness (QED) is 0.563. The van der Waals surface area contributed by atoms with E-state index >= 15 is 0 Å². The summed E-state index contributed by atoms with van der Waals surface area (Å²) in [4.78, 5) is 20.3. The molecule has 172 valence electrons. The number of benzene rings is 2. The molecule has 1 atom stereocenters. The molecule has 3 heterocycles. The Morgan fingerprint density at radius 3 is 2.67 bits per heavy atom. The van der Waals surface area contributed by atoms with Crippen molar-refractivity contribution in [2.24, 2.45) is 5.92 Å². The van der Waals surface area contributed by atoms with Gasteiger partial charge < -0.3 is 14.4 Å². The predicted octanol–water partition coefficient (Wildman–Crippen LogP) is 4.65. The van der Waals surface area contributed by atoms with E-state index in [0.717, 1.165) is 17.4 Å². The van der Waals surface area contributed by atoms with Gasteiger partial charge in [-0.3, -0.25) is 9.78 Å². The molecule has 0 saturated carbocycles. The van der Waals surface area contributed by atoms with Crippen molar-refractivity contribution in [3.63, 3.8) is 0 Å². The SMILES string of the molecule is O=C(N1CCOCC(Cc2ccc3ccncc3c2)C1)C1(c2ccc(Cl)cc2)CCOCC1. The molecule has 1 aromatic heterocycles. The lowest BCUT2D eigenvalue weighted by Gasteiger charge is -2.40. The lowest BCUT2D eigenvalue weighted by atomic mass is 9.73. The van der Waals surface area contributed by atoms with Crippen molar-refractivity contribution in [2.75, 3.05) is 39.5 Å². The van der Waals surface area contributed by atoms with Gasteiger partial charge in [-0.25, -0.2) is 0 Å². The smallest absolute Gasteiger partial charge is 0.233 e. The van der Waals surface area contributed by atoms with Crippen molar-refractivity contribution in [3.8, 4) is 0 Å². The van der Waals surface area contributed by atoms with E-state index in [2.05, 4.69) is 23.2 Å². The Kier molecular flexibility index (Phi) is 6.63. The van der Waals surface area contributed by atoms with E-state index in [0.29, 0.717) is 57.4 Å². The number of carbonyl (C=O) groups is 1. The first-order valence-corrected chi connectivity index (χ1v) is 12.1. The van der Waals surface area contributed by atoms with Gasteiger partial charge in [-0.15, -0.1) is 0 Å². The first-order valence-electron chi connectivity index (χ1n) is 11.7. The molecule has 2 aliphatic rings. The Morgan fingerprint density at radius 2 is 1.85 bits per heavy atom. The Bertz CT molecular complexity index is 1110. The molecule has 33 heavy (non-hydrogen) atoms. The lowest BCUT2D eigenvalue weighted by molar-refractivity contribution is -0.141. The van der Waals surface area contributed by atoms with Crippen LogP contribution in [0.1, 0.15) is 24.0 Å². The number of ether oxygens (including phenoxy) is 2. The van der Waals surface area contributed by atoms with Crippen LogP contribution in [0.3, 0.4) is 0 Å². The predicted molar refractivity (Wildman–Crippen MR) is 130 cm³/mol. The zero-order chi connectivity index (χ0) is 22.7. The van der Waals surface area contributed by atoms with E-state index in [9.17, 15) is 4.79 Å². The van der Waals surface area contributed by atoms with Gasteiger partial charge in [0.05, 0.1) is 18.6 Å². The summed E-state index contributed by atoms with van der Waals surface area (Å²) in [5.41, 5.74) is 1.72. The molecule has 0 N–H and O–H groups in total. The number of carbonyl (C=O) groups excluding carboxylic acids is 1. The minimum Gasteiger partial charge on any atom is -0.381 e. The second-order valence-corrected chi connectivity index (χ2v) is 9.59. The first-order chi connectivity index (χ1) is 16.1. The van der Waals surface area contributed by atoms with Gasteiger partial charge in [0.15, 0.2) is 0 Å². The maximum Gasteiger partial charge on any atom is 0.233 e. The summed E-state index contributed by atoms with van der Waals surface area (Å²) in [7, 11) is 0. The number of nitrogens with zero attached hydrogens (tertiary/aromatic N) is 2. The standard InChI is InChI=1S/C27H29ClN2O3/c28-25-5-3-24(4-6-25)27(8-12-32-13-9-27)26(31)30-11-14-33-19-21(18-30)15-20-1-2-22-7-10-29-17-23(22)16-20/h1-7,10,16-17,21H,8-9,11-15,18-19H2. The topological polar surface area (TPSA) is 51.7 Å². The number of fused-ring (bicyclic) bond motifs is 1. The van der Waals surface area contributed by atoms with E-state index in [1.54, 1.807) is 0 Å². The molecule has 0 radical (unpaired) electrons. The molecule has 2 fully saturated rings. The highest BCUT2D eigenvalue weighted by Gasteiger charge is 2.44. The number of halogens is 1. The van der Waals surface area contributed by atoms with Crippen molar-refractivity contribution < 1.29 is 14.3 Å². The van der Waals surface area contributed by atoms with Crippen molar-refractivity contribution in [1.29, 1.82) is 0 Å². The van der Waals surface area contributed by atoms with Crippen LogP contribution in [0.15, 0.2) is 60.9 Å². The largest absolute Gasteiger partial charge is 0.381 e. The number of pyridine rings is 1. The zero-order valence-electron chi connectivity index (χ0n) is 18.7. The summed E-state index contributed by atoms with van der Waals surface area (Å²) >= 11 is 6.14. The molecule has 6 heteroatoms. The van der Waals surface area contributed by atoms with Crippen LogP contribution in [0.5, 0.6) is 0 Å². The second-order valence-electron chi connectivity index (χ2n) is 9.15. The summed E-state index contributed by atoms with van der Waals surface area (Å²) in [6, 6.07) is 16.3. The van der Waals surface area contributed by atoms with Crippen molar-refractivity contribution in [3.05, 3.63) is 77.1 Å². The van der Waals surface area contributed by atoms with Gasteiger partial charge >= 0.3 is 0 Å². The number of hydrogen-bond donors (Lipinski definition) is 0. The van der Waals surface area contributed by atoms with Gasteiger partial charge in [0, 0.05) is 55.0 Å². The van der Waals surface area contributed by atoms with Gasteiger partial charge in [0.2, 0.25) is 5.91 Å².